The van der Waals surface area contributed by atoms with Gasteiger partial charge in [-0.25, -0.2) is 0 Å². The summed E-state index contributed by atoms with van der Waals surface area (Å²) in [5, 5.41) is 3.12. The maximum absolute atomic E-state index is 8.93. The second kappa shape index (κ2) is 5.63. The van der Waals surface area contributed by atoms with Crippen LogP contribution >= 0.6 is 19.5 Å². The van der Waals surface area contributed by atoms with Crippen LogP contribution in [0.5, 0.6) is 0 Å². The molecule has 2 aromatic rings. The smallest absolute Gasteiger partial charge is 0.0803 e. The van der Waals surface area contributed by atoms with Crippen LogP contribution in [-0.2, 0) is 12.8 Å². The van der Waals surface area contributed by atoms with E-state index >= 15 is 0 Å². The van der Waals surface area contributed by atoms with Crippen molar-refractivity contribution in [2.45, 2.75) is 19.3 Å². The van der Waals surface area contributed by atoms with Crippen LogP contribution in [0.1, 0.15) is 17.5 Å². The van der Waals surface area contributed by atoms with Crippen LogP contribution in [0.4, 0.5) is 0 Å². The maximum Gasteiger partial charge on any atom is 0.0803 e. The SMILES string of the molecule is [N-]=N[N+]#I1c2ccccc2CCCc2ccccc21. The zero-order valence-electron chi connectivity index (χ0n) is 10.5. The summed E-state index contributed by atoms with van der Waals surface area (Å²) in [6, 6.07) is 16.9. The summed E-state index contributed by atoms with van der Waals surface area (Å²) in [5.74, 6) is 0. The fraction of sp³-hybridized carbons (Fsp3) is 0.200. The first-order chi connectivity index (χ1) is 9.40. The van der Waals surface area contributed by atoms with Crippen LogP contribution in [0.3, 0.4) is 0 Å². The van der Waals surface area contributed by atoms with Crippen LogP contribution in [0.25, 0.3) is 8.60 Å². The Bertz CT molecular complexity index is 658. The van der Waals surface area contributed by atoms with Crippen molar-refractivity contribution in [3.63, 3.8) is 0 Å². The topological polar surface area (TPSA) is 39.0 Å². The van der Waals surface area contributed by atoms with Crippen LogP contribution in [0.2, 0.25) is 0 Å². The number of hydrogen-bond acceptors (Lipinski definition) is 1. The molecule has 0 amide bonds. The van der Waals surface area contributed by atoms with Crippen molar-refractivity contribution in [3.05, 3.63) is 75.4 Å². The molecule has 0 aromatic heterocycles. The molecule has 0 aliphatic carbocycles. The molecule has 0 saturated carbocycles. The van der Waals surface area contributed by atoms with E-state index < -0.39 is 19.5 Å². The minimum Gasteiger partial charge on any atom is -0.264 e. The van der Waals surface area contributed by atoms with Gasteiger partial charge in [-0.2, -0.15) is 0 Å². The van der Waals surface area contributed by atoms with Gasteiger partial charge in [0.05, 0.1) is 19.5 Å². The van der Waals surface area contributed by atoms with Crippen molar-refractivity contribution in [2.75, 3.05) is 0 Å². The molecule has 0 spiro atoms. The number of benzene rings is 2. The van der Waals surface area contributed by atoms with E-state index in [-0.39, 0.29) is 0 Å². The van der Waals surface area contributed by atoms with Crippen molar-refractivity contribution >= 4 is 19.5 Å². The van der Waals surface area contributed by atoms with Gasteiger partial charge in [0.15, 0.2) is 0 Å². The van der Waals surface area contributed by atoms with Gasteiger partial charge < -0.3 is 0 Å². The van der Waals surface area contributed by atoms with E-state index in [1.165, 1.54) is 18.3 Å². The minimum absolute atomic E-state index is 1.08. The molecule has 0 atom stereocenters. The molecular weight excluding hydrogens is 349 g/mol. The summed E-state index contributed by atoms with van der Waals surface area (Å²) >= 11 is -1.99. The standard InChI is InChI=1S/C15H14IN3/c17-19-18-16-14-10-3-1-6-12(14)8-5-9-13-7-2-4-11-15(13)16/h1-4,6-7,10-11H,5,8-9H2. The Morgan fingerprint density at radius 3 is 1.95 bits per heavy atom. The molecule has 2 aromatic carbocycles. The Kier molecular flexibility index (Phi) is 3.71. The first-order valence-corrected chi connectivity index (χ1v) is 9.43. The van der Waals surface area contributed by atoms with Gasteiger partial charge in [-0.3, -0.25) is 3.07 Å². The summed E-state index contributed by atoms with van der Waals surface area (Å²) in [5.41, 5.74) is 11.7. The Balaban J connectivity index is 2.29. The van der Waals surface area contributed by atoms with Crippen molar-refractivity contribution < 1.29 is 0 Å². The Hall–Kier alpha value is -1.52. The summed E-state index contributed by atoms with van der Waals surface area (Å²) in [7, 11) is 0. The molecule has 0 bridgehead atoms. The fourth-order valence-corrected chi connectivity index (χ4v) is 7.04. The Labute approximate surface area is 119 Å². The number of rotatable bonds is 0. The van der Waals surface area contributed by atoms with E-state index in [4.69, 9.17) is 5.53 Å². The van der Waals surface area contributed by atoms with Crippen molar-refractivity contribution in [2.24, 2.45) is 5.22 Å². The average molecular weight is 363 g/mol. The molecule has 1 aliphatic rings. The average Bonchev–Trinajstić information content (AvgIpc) is 2.44. The number of fused-ring (bicyclic) bond motifs is 2. The molecular formula is C15H14IN3. The van der Waals surface area contributed by atoms with E-state index in [1.807, 2.05) is 0 Å². The summed E-state index contributed by atoms with van der Waals surface area (Å²) in [6.45, 7) is 0. The second-order valence-electron chi connectivity index (χ2n) is 4.46. The zero-order chi connectivity index (χ0) is 13.1. The molecule has 1 aliphatic heterocycles. The van der Waals surface area contributed by atoms with Crippen molar-refractivity contribution in [1.29, 1.82) is 0 Å². The lowest BCUT2D eigenvalue weighted by Crippen LogP contribution is -2.01. The minimum atomic E-state index is -1.99. The summed E-state index contributed by atoms with van der Waals surface area (Å²) in [4.78, 5) is 0. The summed E-state index contributed by atoms with van der Waals surface area (Å²) < 4.78 is 6.81. The van der Waals surface area contributed by atoms with E-state index in [0.717, 1.165) is 19.3 Å². The highest BCUT2D eigenvalue weighted by atomic mass is 127. The lowest BCUT2D eigenvalue weighted by atomic mass is 10.0. The van der Waals surface area contributed by atoms with Crippen molar-refractivity contribution in [1.82, 2.24) is 0 Å². The first kappa shape index (κ1) is 12.5. The summed E-state index contributed by atoms with van der Waals surface area (Å²) in [6.07, 6.45) is 3.33. The molecule has 0 fully saturated rings. The largest absolute Gasteiger partial charge is 0.264 e. The third-order valence-corrected chi connectivity index (χ3v) is 8.23. The molecule has 4 heteroatoms. The molecule has 3 rings (SSSR count). The van der Waals surface area contributed by atoms with Gasteiger partial charge in [-0.1, -0.05) is 36.4 Å². The van der Waals surface area contributed by atoms with Gasteiger partial charge in [0, 0.05) is 17.9 Å². The van der Waals surface area contributed by atoms with Crippen LogP contribution in [-0.4, -0.2) is 0 Å². The van der Waals surface area contributed by atoms with Gasteiger partial charge in [0.25, 0.3) is 0 Å². The van der Waals surface area contributed by atoms with Gasteiger partial charge in [-0.05, 0) is 42.5 Å². The van der Waals surface area contributed by atoms with Gasteiger partial charge in [0.1, 0.15) is 0 Å². The monoisotopic (exact) mass is 363 g/mol. The second-order valence-corrected chi connectivity index (χ2v) is 8.73. The van der Waals surface area contributed by atoms with Crippen molar-refractivity contribution in [3.8, 4) is 0 Å². The van der Waals surface area contributed by atoms with Gasteiger partial charge in [0.2, 0.25) is 0 Å². The molecule has 1 heterocycles. The highest BCUT2D eigenvalue weighted by molar-refractivity contribution is 14.2. The zero-order valence-corrected chi connectivity index (χ0v) is 12.6. The predicted molar refractivity (Wildman–Crippen MR) is 85.5 cm³/mol. The van der Waals surface area contributed by atoms with E-state index in [1.54, 1.807) is 0 Å². The van der Waals surface area contributed by atoms with E-state index in [9.17, 15) is 0 Å². The van der Waals surface area contributed by atoms with Crippen LogP contribution < -0.4 is 0 Å². The molecule has 0 radical (unpaired) electrons. The van der Waals surface area contributed by atoms with Gasteiger partial charge >= 0.3 is 0 Å². The molecule has 0 unspecified atom stereocenters. The van der Waals surface area contributed by atoms with Gasteiger partial charge in [-0.15, -0.1) is 0 Å². The number of aryl methyl sites for hydroxylation is 2. The third kappa shape index (κ3) is 2.46. The molecule has 0 saturated heterocycles. The fourth-order valence-electron chi connectivity index (χ4n) is 2.45. The Morgan fingerprint density at radius 2 is 1.42 bits per heavy atom. The van der Waals surface area contributed by atoms with E-state index in [2.05, 4.69) is 56.8 Å². The third-order valence-electron chi connectivity index (χ3n) is 3.30. The molecule has 0 N–H and O–H groups in total. The lowest BCUT2D eigenvalue weighted by molar-refractivity contribution is 0.813. The molecule has 19 heavy (non-hydrogen) atoms. The number of halogens is 1. The lowest BCUT2D eigenvalue weighted by Gasteiger charge is -2.16. The number of hydrogen-bond donors (Lipinski definition) is 0. The van der Waals surface area contributed by atoms with E-state index in [0.29, 0.717) is 0 Å². The molecule has 96 valence electrons. The molecule has 3 nitrogen and oxygen atoms in total. The predicted octanol–water partition coefficient (Wildman–Crippen LogP) is 4.95. The Morgan fingerprint density at radius 1 is 0.895 bits per heavy atom. The van der Waals surface area contributed by atoms with Crippen LogP contribution in [0.15, 0.2) is 53.8 Å². The maximum atomic E-state index is 8.93. The van der Waals surface area contributed by atoms with Crippen LogP contribution in [0, 0.1) is 7.14 Å². The quantitative estimate of drug-likeness (QED) is 0.361. The highest BCUT2D eigenvalue weighted by Crippen LogP contribution is 2.42. The normalized spacial score (nSPS) is 14.5. The highest BCUT2D eigenvalue weighted by Gasteiger charge is 2.16. The number of nitrogens with zero attached hydrogens (tertiary/aromatic N) is 3. The first-order valence-electron chi connectivity index (χ1n) is 6.31.